The van der Waals surface area contributed by atoms with Crippen molar-refractivity contribution in [3.8, 4) is 5.75 Å². The molecule has 7 heteroatoms. The van der Waals surface area contributed by atoms with Gasteiger partial charge in [0.1, 0.15) is 11.8 Å². The maximum Gasteiger partial charge on any atom is 0.209 e. The Kier molecular flexibility index (Phi) is 5.53. The monoisotopic (exact) mass is 345 g/mol. The molecule has 1 N–H and O–H groups in total. The number of aromatic nitrogens is 4. The van der Waals surface area contributed by atoms with E-state index in [1.807, 2.05) is 16.8 Å². The minimum atomic E-state index is 0.291. The van der Waals surface area contributed by atoms with Crippen molar-refractivity contribution in [2.75, 3.05) is 38.2 Å². The minimum Gasteiger partial charge on any atom is -0.497 e. The molecular weight excluding hydrogens is 316 g/mol. The van der Waals surface area contributed by atoms with Gasteiger partial charge in [-0.1, -0.05) is 6.92 Å². The van der Waals surface area contributed by atoms with Gasteiger partial charge in [0.2, 0.25) is 5.82 Å². The van der Waals surface area contributed by atoms with E-state index in [2.05, 4.69) is 53.3 Å². The van der Waals surface area contributed by atoms with Crippen LogP contribution in [0.3, 0.4) is 0 Å². The summed E-state index contributed by atoms with van der Waals surface area (Å²) < 4.78 is 7.22. The van der Waals surface area contributed by atoms with Crippen LogP contribution in [0.5, 0.6) is 5.75 Å². The van der Waals surface area contributed by atoms with Crippen LogP contribution in [0.15, 0.2) is 24.3 Å². The topological polar surface area (TPSA) is 60.5 Å². The van der Waals surface area contributed by atoms with Gasteiger partial charge < -0.3 is 14.5 Å². The van der Waals surface area contributed by atoms with Gasteiger partial charge in [-0.3, -0.25) is 0 Å². The Morgan fingerprint density at radius 1 is 1.16 bits per heavy atom. The normalized spacial score (nSPS) is 17.1. The van der Waals surface area contributed by atoms with Gasteiger partial charge in [-0.25, -0.2) is 4.68 Å². The van der Waals surface area contributed by atoms with Gasteiger partial charge >= 0.3 is 0 Å². The molecule has 0 bridgehead atoms. The number of rotatable bonds is 6. The standard InChI is InChI=1S/C18H28N6O/c1-5-17(18-19-20-21-24(18)14(2)3)23-12-10-22(11-13-23)15-6-8-16(25-4)9-7-15/h6-9,14,17H,5,10-13H2,1-4H3/p+1/t17-/m0/s1. The third kappa shape index (κ3) is 3.76. The molecule has 0 amide bonds. The first-order valence-corrected chi connectivity index (χ1v) is 9.15. The minimum absolute atomic E-state index is 0.291. The lowest BCUT2D eigenvalue weighted by atomic mass is 10.1. The third-order valence-electron chi connectivity index (χ3n) is 5.06. The van der Waals surface area contributed by atoms with Gasteiger partial charge in [-0.05, 0) is 48.5 Å². The van der Waals surface area contributed by atoms with E-state index in [4.69, 9.17) is 4.74 Å². The summed E-state index contributed by atoms with van der Waals surface area (Å²) in [5.41, 5.74) is 1.26. The Labute approximate surface area is 149 Å². The molecule has 0 saturated carbocycles. The molecule has 2 aromatic rings. The molecule has 1 saturated heterocycles. The summed E-state index contributed by atoms with van der Waals surface area (Å²) in [6.07, 6.45) is 1.05. The molecule has 0 aliphatic carbocycles. The van der Waals surface area contributed by atoms with E-state index in [-0.39, 0.29) is 0 Å². The first kappa shape index (κ1) is 17.7. The molecule has 136 valence electrons. The van der Waals surface area contributed by atoms with Crippen molar-refractivity contribution in [1.82, 2.24) is 20.2 Å². The van der Waals surface area contributed by atoms with Crippen molar-refractivity contribution in [3.05, 3.63) is 30.1 Å². The van der Waals surface area contributed by atoms with E-state index in [9.17, 15) is 0 Å². The van der Waals surface area contributed by atoms with Crippen molar-refractivity contribution < 1.29 is 9.64 Å². The van der Waals surface area contributed by atoms with Crippen molar-refractivity contribution in [2.24, 2.45) is 0 Å². The number of anilines is 1. The number of nitrogens with one attached hydrogen (secondary N) is 1. The smallest absolute Gasteiger partial charge is 0.209 e. The van der Waals surface area contributed by atoms with Crippen LogP contribution in [-0.2, 0) is 0 Å². The number of nitrogens with zero attached hydrogens (tertiary/aromatic N) is 5. The number of hydrogen-bond acceptors (Lipinski definition) is 5. The number of benzene rings is 1. The fourth-order valence-electron chi connectivity index (χ4n) is 3.65. The average Bonchev–Trinajstić information content (AvgIpc) is 3.13. The van der Waals surface area contributed by atoms with Crippen LogP contribution in [0, 0.1) is 0 Å². The summed E-state index contributed by atoms with van der Waals surface area (Å²) in [4.78, 5) is 4.02. The first-order valence-electron chi connectivity index (χ1n) is 9.15. The highest BCUT2D eigenvalue weighted by Gasteiger charge is 2.31. The number of hydrogen-bond donors (Lipinski definition) is 1. The maximum absolute atomic E-state index is 5.25. The Morgan fingerprint density at radius 2 is 1.84 bits per heavy atom. The predicted molar refractivity (Wildman–Crippen MR) is 97.1 cm³/mol. The summed E-state index contributed by atoms with van der Waals surface area (Å²) in [5.74, 6) is 1.92. The van der Waals surface area contributed by atoms with Crippen molar-refractivity contribution >= 4 is 5.69 Å². The molecule has 1 fully saturated rings. The fourth-order valence-corrected chi connectivity index (χ4v) is 3.65. The molecular formula is C18H29N6O+. The first-order chi connectivity index (χ1) is 12.1. The van der Waals surface area contributed by atoms with Gasteiger partial charge in [0, 0.05) is 12.1 Å². The molecule has 0 spiro atoms. The molecule has 3 rings (SSSR count). The zero-order chi connectivity index (χ0) is 17.8. The molecule has 1 aromatic heterocycles. The molecule has 1 aromatic carbocycles. The molecule has 25 heavy (non-hydrogen) atoms. The Balaban J connectivity index is 1.66. The lowest BCUT2D eigenvalue weighted by molar-refractivity contribution is -0.933. The number of piperazine rings is 1. The van der Waals surface area contributed by atoms with Crippen molar-refractivity contribution in [1.29, 1.82) is 0 Å². The number of quaternary nitrogens is 1. The Hall–Kier alpha value is -2.15. The molecule has 0 radical (unpaired) electrons. The second kappa shape index (κ2) is 7.82. The summed E-state index contributed by atoms with van der Waals surface area (Å²) in [6, 6.07) is 8.98. The van der Waals surface area contributed by atoms with Crippen LogP contribution in [0.1, 0.15) is 45.1 Å². The number of ether oxygens (including phenoxy) is 1. The van der Waals surface area contributed by atoms with E-state index in [0.717, 1.165) is 44.2 Å². The van der Waals surface area contributed by atoms with Gasteiger partial charge in [0.15, 0.2) is 0 Å². The second-order valence-corrected chi connectivity index (χ2v) is 6.88. The highest BCUT2D eigenvalue weighted by molar-refractivity contribution is 5.49. The van der Waals surface area contributed by atoms with E-state index in [0.29, 0.717) is 12.1 Å². The zero-order valence-corrected chi connectivity index (χ0v) is 15.6. The fraction of sp³-hybridized carbons (Fsp3) is 0.611. The highest BCUT2D eigenvalue weighted by Crippen LogP contribution is 2.20. The average molecular weight is 345 g/mol. The molecule has 1 aliphatic rings. The van der Waals surface area contributed by atoms with Crippen LogP contribution in [-0.4, -0.2) is 53.5 Å². The van der Waals surface area contributed by atoms with E-state index < -0.39 is 0 Å². The quantitative estimate of drug-likeness (QED) is 0.850. The lowest BCUT2D eigenvalue weighted by Gasteiger charge is -2.37. The van der Waals surface area contributed by atoms with Crippen molar-refractivity contribution in [3.63, 3.8) is 0 Å². The number of tetrazole rings is 1. The molecule has 1 aliphatic heterocycles. The summed E-state index contributed by atoms with van der Waals surface area (Å²) >= 11 is 0. The summed E-state index contributed by atoms with van der Waals surface area (Å²) in [6.45, 7) is 10.8. The third-order valence-corrected chi connectivity index (χ3v) is 5.06. The van der Waals surface area contributed by atoms with E-state index in [1.165, 1.54) is 5.69 Å². The number of methoxy groups -OCH3 is 1. The van der Waals surface area contributed by atoms with Crippen molar-refractivity contribution in [2.45, 2.75) is 39.3 Å². The molecule has 0 unspecified atom stereocenters. The van der Waals surface area contributed by atoms with Gasteiger partial charge in [0.05, 0.1) is 39.3 Å². The lowest BCUT2D eigenvalue weighted by Crippen LogP contribution is -3.15. The molecule has 7 nitrogen and oxygen atoms in total. The summed E-state index contributed by atoms with van der Waals surface area (Å²) in [7, 11) is 1.70. The Bertz CT molecular complexity index is 660. The van der Waals surface area contributed by atoms with Crippen LogP contribution < -0.4 is 14.5 Å². The largest absolute Gasteiger partial charge is 0.497 e. The zero-order valence-electron chi connectivity index (χ0n) is 15.6. The van der Waals surface area contributed by atoms with Gasteiger partial charge in [-0.2, -0.15) is 0 Å². The van der Waals surface area contributed by atoms with E-state index in [1.54, 1.807) is 12.0 Å². The summed E-state index contributed by atoms with van der Waals surface area (Å²) in [5, 5.41) is 12.4. The maximum atomic E-state index is 5.25. The van der Waals surface area contributed by atoms with E-state index >= 15 is 0 Å². The highest BCUT2D eigenvalue weighted by atomic mass is 16.5. The van der Waals surface area contributed by atoms with Gasteiger partial charge in [-0.15, -0.1) is 5.10 Å². The Morgan fingerprint density at radius 3 is 2.40 bits per heavy atom. The molecule has 2 heterocycles. The van der Waals surface area contributed by atoms with Crippen LogP contribution >= 0.6 is 0 Å². The second-order valence-electron chi connectivity index (χ2n) is 6.88. The predicted octanol–water partition coefficient (Wildman–Crippen LogP) is 1.12. The molecule has 1 atom stereocenters. The SMILES string of the molecule is CC[C@@H](c1nnnn1C(C)C)[NH+]1CCN(c2ccc(OC)cc2)CC1. The van der Waals surface area contributed by atoms with Crippen LogP contribution in [0.2, 0.25) is 0 Å². The van der Waals surface area contributed by atoms with Crippen LogP contribution in [0.4, 0.5) is 5.69 Å². The van der Waals surface area contributed by atoms with Crippen LogP contribution in [0.25, 0.3) is 0 Å². The van der Waals surface area contributed by atoms with Gasteiger partial charge in [0.25, 0.3) is 0 Å².